The Morgan fingerprint density at radius 1 is 1.00 bits per heavy atom. The number of aliphatic hydroxyl groups excluding tert-OH is 1. The van der Waals surface area contributed by atoms with Crippen LogP contribution in [0.3, 0.4) is 0 Å². The van der Waals surface area contributed by atoms with Gasteiger partial charge in [0.2, 0.25) is 0 Å². The third-order valence-electron chi connectivity index (χ3n) is 4.08. The molecule has 0 saturated heterocycles. The van der Waals surface area contributed by atoms with Crippen LogP contribution in [0.15, 0.2) is 18.2 Å². The number of hydrogen-bond donors (Lipinski definition) is 3. The third-order valence-corrected chi connectivity index (χ3v) is 4.08. The molecule has 1 unspecified atom stereocenters. The van der Waals surface area contributed by atoms with E-state index in [2.05, 4.69) is 10.6 Å². The molecule has 1 aromatic rings. The highest BCUT2D eigenvalue weighted by atomic mass is 16.2. The summed E-state index contributed by atoms with van der Waals surface area (Å²) in [6.07, 6.45) is 4.23. The normalized spacial score (nSPS) is 12.6. The molecule has 2 amide bonds. The number of nitrogens with one attached hydrogen (secondary N) is 2. The zero-order valence-corrected chi connectivity index (χ0v) is 17.7. The highest BCUT2D eigenvalue weighted by molar-refractivity contribution is 6.24. The van der Waals surface area contributed by atoms with Crippen LogP contribution in [0.25, 0.3) is 0 Å². The van der Waals surface area contributed by atoms with Gasteiger partial charge in [0.15, 0.2) is 0 Å². The molecule has 1 heterocycles. The maximum atomic E-state index is 12.7. The van der Waals surface area contributed by atoms with Crippen molar-refractivity contribution in [1.82, 2.24) is 10.2 Å². The van der Waals surface area contributed by atoms with Gasteiger partial charge in [-0.15, -0.1) is 0 Å². The first kappa shape index (κ1) is 27.1. The van der Waals surface area contributed by atoms with Crippen LogP contribution in [0.4, 0.5) is 5.69 Å². The smallest absolute Gasteiger partial charge is 0.264 e. The van der Waals surface area contributed by atoms with Gasteiger partial charge >= 0.3 is 0 Å². The van der Waals surface area contributed by atoms with E-state index in [9.17, 15) is 24.0 Å². The highest BCUT2D eigenvalue weighted by Crippen LogP contribution is 2.31. The molecule has 9 heteroatoms. The third kappa shape index (κ3) is 7.49. The van der Waals surface area contributed by atoms with E-state index in [1.165, 1.54) is 0 Å². The lowest BCUT2D eigenvalue weighted by atomic mass is 10.1. The van der Waals surface area contributed by atoms with Crippen LogP contribution in [0, 0.1) is 0 Å². The van der Waals surface area contributed by atoms with Gasteiger partial charge in [-0.3, -0.25) is 14.5 Å². The number of nitrogens with zero attached hydrogens (tertiary/aromatic N) is 1. The Morgan fingerprint density at radius 2 is 1.63 bits per heavy atom. The van der Waals surface area contributed by atoms with Gasteiger partial charge in [0.05, 0.1) is 17.2 Å². The molecule has 2 rings (SSSR count). The number of fused-ring (bicyclic) bond motifs is 1. The molecular weight excluding hydrogens is 390 g/mol. The lowest BCUT2D eigenvalue weighted by Crippen LogP contribution is -2.41. The van der Waals surface area contributed by atoms with Crippen LogP contribution in [-0.2, 0) is 14.4 Å². The van der Waals surface area contributed by atoms with Gasteiger partial charge in [-0.1, -0.05) is 6.07 Å². The van der Waals surface area contributed by atoms with Crippen molar-refractivity contribution in [2.24, 2.45) is 0 Å². The summed E-state index contributed by atoms with van der Waals surface area (Å²) >= 11 is 0. The van der Waals surface area contributed by atoms with E-state index in [4.69, 9.17) is 5.11 Å². The number of carbonyl (C=O) groups excluding carboxylic acids is 5. The number of aldehydes is 3. The average Bonchev–Trinajstić information content (AvgIpc) is 3.02. The molecule has 1 aliphatic heterocycles. The minimum Gasteiger partial charge on any atom is -0.400 e. The largest absolute Gasteiger partial charge is 0.400 e. The fourth-order valence-corrected chi connectivity index (χ4v) is 2.82. The first-order chi connectivity index (χ1) is 14.6. The second-order valence-corrected chi connectivity index (χ2v) is 6.25. The molecule has 0 radical (unpaired) electrons. The summed E-state index contributed by atoms with van der Waals surface area (Å²) in [5.41, 5.74) is 1.03. The van der Waals surface area contributed by atoms with Gasteiger partial charge in [0.25, 0.3) is 11.8 Å². The molecule has 0 spiro atoms. The summed E-state index contributed by atoms with van der Waals surface area (Å²) in [5, 5.41) is 12.9. The Balaban J connectivity index is 0.00000154. The number of rotatable bonds is 11. The van der Waals surface area contributed by atoms with E-state index in [0.29, 0.717) is 31.2 Å². The summed E-state index contributed by atoms with van der Waals surface area (Å²) in [6, 6.07) is 3.98. The number of carbonyl (C=O) groups is 5. The van der Waals surface area contributed by atoms with Crippen LogP contribution in [0.2, 0.25) is 0 Å². The second kappa shape index (κ2) is 15.9. The molecule has 3 N–H and O–H groups in total. The van der Waals surface area contributed by atoms with Gasteiger partial charge in [0.1, 0.15) is 18.9 Å². The van der Waals surface area contributed by atoms with Gasteiger partial charge in [-0.05, 0) is 45.5 Å². The topological polar surface area (TPSA) is 133 Å². The van der Waals surface area contributed by atoms with Crippen molar-refractivity contribution in [2.75, 3.05) is 33.1 Å². The monoisotopic (exact) mass is 421 g/mol. The summed E-state index contributed by atoms with van der Waals surface area (Å²) in [4.78, 5) is 58.3. The first-order valence-electron chi connectivity index (χ1n) is 9.67. The molecule has 1 atom stereocenters. The summed E-state index contributed by atoms with van der Waals surface area (Å²) < 4.78 is 0. The van der Waals surface area contributed by atoms with Crippen molar-refractivity contribution in [3.05, 3.63) is 29.3 Å². The minimum atomic E-state index is -0.946. The lowest BCUT2D eigenvalue weighted by Gasteiger charge is -2.20. The van der Waals surface area contributed by atoms with Crippen molar-refractivity contribution in [1.29, 1.82) is 0 Å². The van der Waals surface area contributed by atoms with E-state index in [-0.39, 0.29) is 24.0 Å². The van der Waals surface area contributed by atoms with E-state index in [0.717, 1.165) is 31.1 Å². The Labute approximate surface area is 176 Å². The number of imide groups is 1. The van der Waals surface area contributed by atoms with Crippen LogP contribution in [0.5, 0.6) is 0 Å². The van der Waals surface area contributed by atoms with Crippen LogP contribution in [0.1, 0.15) is 52.8 Å². The Bertz CT molecular complexity index is 708. The van der Waals surface area contributed by atoms with Gasteiger partial charge < -0.3 is 30.1 Å². The van der Waals surface area contributed by atoms with Crippen molar-refractivity contribution in [2.45, 2.75) is 38.1 Å². The molecule has 1 aromatic carbocycles. The number of aliphatic hydroxyl groups is 1. The van der Waals surface area contributed by atoms with Crippen LogP contribution < -0.4 is 10.6 Å². The van der Waals surface area contributed by atoms with Crippen LogP contribution >= 0.6 is 0 Å². The fraction of sp³-hybridized carbons (Fsp3) is 0.476. The van der Waals surface area contributed by atoms with Crippen molar-refractivity contribution >= 4 is 36.4 Å². The predicted octanol–water partition coefficient (Wildman–Crippen LogP) is 1.05. The zero-order chi connectivity index (χ0) is 22.9. The van der Waals surface area contributed by atoms with Crippen molar-refractivity contribution in [3.8, 4) is 0 Å². The summed E-state index contributed by atoms with van der Waals surface area (Å²) in [7, 11) is 4.75. The van der Waals surface area contributed by atoms with Gasteiger partial charge in [-0.25, -0.2) is 0 Å². The molecule has 0 saturated carbocycles. The first-order valence-corrected chi connectivity index (χ1v) is 9.67. The molecule has 0 aromatic heterocycles. The van der Waals surface area contributed by atoms with E-state index in [1.807, 2.05) is 14.1 Å². The number of unbranched alkanes of at least 4 members (excludes halogenated alkanes) is 2. The van der Waals surface area contributed by atoms with Gasteiger partial charge in [0, 0.05) is 32.2 Å². The Kier molecular flexibility index (Phi) is 14.4. The number of anilines is 1. The number of amides is 2. The maximum absolute atomic E-state index is 12.7. The predicted molar refractivity (Wildman–Crippen MR) is 114 cm³/mol. The molecule has 1 aliphatic rings. The van der Waals surface area contributed by atoms with Gasteiger partial charge in [-0.2, -0.15) is 0 Å². The lowest BCUT2D eigenvalue weighted by molar-refractivity contribution is -0.112. The quantitative estimate of drug-likeness (QED) is 0.274. The van der Waals surface area contributed by atoms with E-state index in [1.54, 1.807) is 18.2 Å². The highest BCUT2D eigenvalue weighted by Gasteiger charge is 2.41. The molecule has 166 valence electrons. The molecule has 30 heavy (non-hydrogen) atoms. The Hall–Kier alpha value is -2.91. The molecule has 0 bridgehead atoms. The maximum Gasteiger partial charge on any atom is 0.264 e. The van der Waals surface area contributed by atoms with Crippen molar-refractivity contribution < 1.29 is 29.1 Å². The fourth-order valence-electron chi connectivity index (χ4n) is 2.82. The van der Waals surface area contributed by atoms with E-state index < -0.39 is 17.9 Å². The van der Waals surface area contributed by atoms with E-state index >= 15 is 0 Å². The average molecular weight is 421 g/mol. The standard InChI is InChI=1S/C18H20N2O5.C2H7N.CH4O/c21-10-3-1-2-9-19-15-8-4-7-14-16(15)18(25)20(17(14)24)13(12-23)6-5-11-22;1-3-2;1-2/h4,7-8,10-13,19H,1-3,5-6,9H2;3H,1-2H3;2H,1H3. The summed E-state index contributed by atoms with van der Waals surface area (Å²) in [6.45, 7) is 0.564. The molecule has 9 nitrogen and oxygen atoms in total. The van der Waals surface area contributed by atoms with Crippen LogP contribution in [-0.4, -0.2) is 74.5 Å². The molecular formula is C21H31N3O6. The molecule has 0 fully saturated rings. The minimum absolute atomic E-state index is 0.0959. The number of hydrogen-bond acceptors (Lipinski definition) is 8. The summed E-state index contributed by atoms with van der Waals surface area (Å²) in [5.74, 6) is -1.05. The molecule has 0 aliphatic carbocycles. The number of benzene rings is 1. The zero-order valence-electron chi connectivity index (χ0n) is 17.7. The Morgan fingerprint density at radius 3 is 2.20 bits per heavy atom. The SMILES string of the molecule is CNC.CO.O=CCCCCNc1cccc2c1C(=O)N(C(C=O)CCC=O)C2=O. The second-order valence-electron chi connectivity index (χ2n) is 6.25. The van der Waals surface area contributed by atoms with Crippen molar-refractivity contribution in [3.63, 3.8) is 0 Å².